The molecule has 3 aliphatic heterocycles. The summed E-state index contributed by atoms with van der Waals surface area (Å²) >= 11 is 0. The maximum absolute atomic E-state index is 12.2. The van der Waals surface area contributed by atoms with Gasteiger partial charge in [-0.15, -0.1) is 0 Å². The first-order valence-corrected chi connectivity index (χ1v) is 9.80. The van der Waals surface area contributed by atoms with Crippen molar-refractivity contribution in [1.82, 2.24) is 19.7 Å². The number of piperidine rings is 2. The molecule has 0 aromatic carbocycles. The van der Waals surface area contributed by atoms with Gasteiger partial charge in [-0.25, -0.2) is 0 Å². The van der Waals surface area contributed by atoms with Gasteiger partial charge >= 0.3 is 0 Å². The zero-order valence-corrected chi connectivity index (χ0v) is 15.8. The predicted molar refractivity (Wildman–Crippen MR) is 105 cm³/mol. The number of pyridine rings is 1. The molecule has 0 radical (unpaired) electrons. The van der Waals surface area contributed by atoms with E-state index in [0.717, 1.165) is 39.1 Å². The van der Waals surface area contributed by atoms with Crippen molar-refractivity contribution >= 4 is 0 Å². The molecule has 26 heavy (non-hydrogen) atoms. The fourth-order valence-corrected chi connectivity index (χ4v) is 4.98. The smallest absolute Gasteiger partial charge is 0.250 e. The topological polar surface area (TPSA) is 40.5 Å². The van der Waals surface area contributed by atoms with Crippen molar-refractivity contribution in [2.45, 2.75) is 37.8 Å². The van der Waals surface area contributed by atoms with Crippen LogP contribution in [0.15, 0.2) is 47.5 Å². The minimum Gasteiger partial charge on any atom is -0.373 e. The molecule has 0 amide bonds. The van der Waals surface area contributed by atoms with Crippen molar-refractivity contribution in [3.63, 3.8) is 0 Å². The number of fused-ring (bicyclic) bond motifs is 4. The van der Waals surface area contributed by atoms with Gasteiger partial charge in [-0.3, -0.25) is 4.79 Å². The van der Waals surface area contributed by atoms with E-state index in [0.29, 0.717) is 17.9 Å². The van der Waals surface area contributed by atoms with E-state index in [1.54, 1.807) is 6.07 Å². The van der Waals surface area contributed by atoms with Crippen molar-refractivity contribution in [3.05, 3.63) is 58.8 Å². The SMILES string of the molecule is C=C(CN1CCC[C@H](NC)C1=C)N1CC2CC(C1)c1cccc(=O)n1C2. The number of hydrogen-bond acceptors (Lipinski definition) is 4. The highest BCUT2D eigenvalue weighted by Crippen LogP contribution is 2.36. The van der Waals surface area contributed by atoms with Gasteiger partial charge in [-0.1, -0.05) is 19.2 Å². The van der Waals surface area contributed by atoms with Crippen molar-refractivity contribution in [2.75, 3.05) is 33.2 Å². The Morgan fingerprint density at radius 2 is 2.15 bits per heavy atom. The van der Waals surface area contributed by atoms with Crippen molar-refractivity contribution in [2.24, 2.45) is 5.92 Å². The molecule has 5 nitrogen and oxygen atoms in total. The number of hydrogen-bond donors (Lipinski definition) is 1. The number of likely N-dealkylation sites (N-methyl/N-ethyl adjacent to an activating group) is 1. The number of likely N-dealkylation sites (tertiary alicyclic amines) is 2. The molecule has 1 aromatic heterocycles. The van der Waals surface area contributed by atoms with E-state index >= 15 is 0 Å². The van der Waals surface area contributed by atoms with E-state index in [1.165, 1.54) is 29.9 Å². The van der Waals surface area contributed by atoms with Crippen molar-refractivity contribution in [3.8, 4) is 0 Å². The zero-order valence-electron chi connectivity index (χ0n) is 15.8. The van der Waals surface area contributed by atoms with E-state index in [-0.39, 0.29) is 5.56 Å². The maximum atomic E-state index is 12.2. The van der Waals surface area contributed by atoms with Crippen molar-refractivity contribution in [1.29, 1.82) is 0 Å². The molecule has 3 atom stereocenters. The predicted octanol–water partition coefficient (Wildman–Crippen LogP) is 1.98. The molecule has 2 fully saturated rings. The quantitative estimate of drug-likeness (QED) is 0.898. The van der Waals surface area contributed by atoms with Crippen LogP contribution in [0.4, 0.5) is 0 Å². The molecule has 2 saturated heterocycles. The highest BCUT2D eigenvalue weighted by Gasteiger charge is 2.35. The van der Waals surface area contributed by atoms with Crippen LogP contribution in [0.2, 0.25) is 0 Å². The molecule has 1 aromatic rings. The second-order valence-corrected chi connectivity index (χ2v) is 8.07. The van der Waals surface area contributed by atoms with Crippen LogP contribution >= 0.6 is 0 Å². The third kappa shape index (κ3) is 3.09. The van der Waals surface area contributed by atoms with Gasteiger partial charge in [0, 0.05) is 61.3 Å². The summed E-state index contributed by atoms with van der Waals surface area (Å²) < 4.78 is 1.99. The third-order valence-corrected chi connectivity index (χ3v) is 6.38. The summed E-state index contributed by atoms with van der Waals surface area (Å²) in [5.74, 6) is 0.968. The van der Waals surface area contributed by atoms with Gasteiger partial charge in [0.15, 0.2) is 0 Å². The second kappa shape index (κ2) is 6.95. The molecule has 2 unspecified atom stereocenters. The van der Waals surface area contributed by atoms with E-state index in [9.17, 15) is 4.79 Å². The van der Waals surface area contributed by atoms with Crippen LogP contribution in [-0.4, -0.2) is 53.6 Å². The Morgan fingerprint density at radius 3 is 2.96 bits per heavy atom. The number of nitrogens with zero attached hydrogens (tertiary/aromatic N) is 3. The summed E-state index contributed by atoms with van der Waals surface area (Å²) in [5.41, 5.74) is 3.72. The van der Waals surface area contributed by atoms with Gasteiger partial charge in [-0.05, 0) is 38.3 Å². The first kappa shape index (κ1) is 17.4. The van der Waals surface area contributed by atoms with Crippen LogP contribution in [0.3, 0.4) is 0 Å². The number of nitrogens with one attached hydrogen (secondary N) is 1. The Hall–Kier alpha value is -2.01. The highest BCUT2D eigenvalue weighted by atomic mass is 16.1. The molecule has 2 bridgehead atoms. The molecule has 4 heterocycles. The fraction of sp³-hybridized carbons (Fsp3) is 0.571. The molecule has 0 saturated carbocycles. The Bertz CT molecular complexity index is 768. The average molecular weight is 354 g/mol. The lowest BCUT2D eigenvalue weighted by Gasteiger charge is -2.46. The van der Waals surface area contributed by atoms with Crippen LogP contribution in [0.1, 0.15) is 30.9 Å². The summed E-state index contributed by atoms with van der Waals surface area (Å²) in [7, 11) is 2.01. The van der Waals surface area contributed by atoms with Gasteiger partial charge in [0.05, 0.1) is 6.54 Å². The minimum absolute atomic E-state index is 0.146. The van der Waals surface area contributed by atoms with Gasteiger partial charge < -0.3 is 19.7 Å². The summed E-state index contributed by atoms with van der Waals surface area (Å²) in [6.07, 6.45) is 3.54. The van der Waals surface area contributed by atoms with E-state index in [4.69, 9.17) is 0 Å². The highest BCUT2D eigenvalue weighted by molar-refractivity contribution is 5.19. The first-order chi connectivity index (χ1) is 12.6. The fourth-order valence-electron chi connectivity index (χ4n) is 4.98. The standard InChI is InChI=1S/C21H30N4O/c1-15(11-23-9-5-6-19(22-3)16(23)2)24-12-17-10-18(14-24)20-7-4-8-21(26)25(20)13-17/h4,7-8,17-19,22H,1-2,5-6,9-14H2,3H3/t17?,18?,19-/m0/s1. The van der Waals surface area contributed by atoms with E-state index in [1.807, 2.05) is 17.7 Å². The Kier molecular flexibility index (Phi) is 4.65. The van der Waals surface area contributed by atoms with Crippen molar-refractivity contribution < 1.29 is 0 Å². The molecule has 0 spiro atoms. The van der Waals surface area contributed by atoms with Crippen LogP contribution in [0.25, 0.3) is 0 Å². The summed E-state index contributed by atoms with van der Waals surface area (Å²) in [4.78, 5) is 17.0. The van der Waals surface area contributed by atoms with E-state index in [2.05, 4.69) is 34.3 Å². The lowest BCUT2D eigenvalue weighted by atomic mass is 9.83. The maximum Gasteiger partial charge on any atom is 0.250 e. The molecule has 4 rings (SSSR count). The number of aromatic nitrogens is 1. The van der Waals surface area contributed by atoms with E-state index < -0.39 is 0 Å². The summed E-state index contributed by atoms with van der Waals surface area (Å²) in [6.45, 7) is 13.5. The first-order valence-electron chi connectivity index (χ1n) is 9.80. The van der Waals surface area contributed by atoms with Gasteiger partial charge in [0.1, 0.15) is 0 Å². The summed E-state index contributed by atoms with van der Waals surface area (Å²) in [6, 6.07) is 6.09. The van der Waals surface area contributed by atoms with Gasteiger partial charge in [-0.2, -0.15) is 0 Å². The molecule has 140 valence electrons. The van der Waals surface area contributed by atoms with Crippen LogP contribution in [-0.2, 0) is 6.54 Å². The molecule has 3 aliphatic rings. The Balaban J connectivity index is 1.46. The monoisotopic (exact) mass is 354 g/mol. The molecule has 5 heteroatoms. The summed E-state index contributed by atoms with van der Waals surface area (Å²) in [5, 5.41) is 3.37. The lowest BCUT2D eigenvalue weighted by molar-refractivity contribution is 0.139. The third-order valence-electron chi connectivity index (χ3n) is 6.38. The van der Waals surface area contributed by atoms with Gasteiger partial charge in [0.2, 0.25) is 0 Å². The molecular weight excluding hydrogens is 324 g/mol. The van der Waals surface area contributed by atoms with Crippen LogP contribution < -0.4 is 10.9 Å². The molecular formula is C21H30N4O. The Morgan fingerprint density at radius 1 is 1.31 bits per heavy atom. The minimum atomic E-state index is 0.146. The normalized spacial score (nSPS) is 28.0. The molecule has 1 N–H and O–H groups in total. The van der Waals surface area contributed by atoms with Gasteiger partial charge in [0.25, 0.3) is 5.56 Å². The Labute approximate surface area is 156 Å². The largest absolute Gasteiger partial charge is 0.373 e. The van der Waals surface area contributed by atoms with Crippen LogP contribution in [0.5, 0.6) is 0 Å². The molecule has 0 aliphatic carbocycles. The lowest BCUT2D eigenvalue weighted by Crippen LogP contribution is -2.49. The zero-order chi connectivity index (χ0) is 18.3. The van der Waals surface area contributed by atoms with Crippen LogP contribution in [0, 0.1) is 5.92 Å². The average Bonchev–Trinajstić information content (AvgIpc) is 2.64. The number of rotatable bonds is 4. The second-order valence-electron chi connectivity index (χ2n) is 8.07.